The van der Waals surface area contributed by atoms with Gasteiger partial charge in [-0.1, -0.05) is 48.5 Å². The summed E-state index contributed by atoms with van der Waals surface area (Å²) in [6.07, 6.45) is 3.50. The van der Waals surface area contributed by atoms with Crippen LogP contribution in [0.3, 0.4) is 0 Å². The first-order valence-electron chi connectivity index (χ1n) is 12.8. The summed E-state index contributed by atoms with van der Waals surface area (Å²) in [5, 5.41) is 0.652. The van der Waals surface area contributed by atoms with E-state index in [0.29, 0.717) is 28.6 Å². The fourth-order valence-corrected chi connectivity index (χ4v) is 5.03. The summed E-state index contributed by atoms with van der Waals surface area (Å²) in [4.78, 5) is 40.3. The van der Waals surface area contributed by atoms with E-state index in [1.165, 1.54) is 17.0 Å². The first-order valence-corrected chi connectivity index (χ1v) is 12.8. The van der Waals surface area contributed by atoms with E-state index in [9.17, 15) is 14.0 Å². The summed E-state index contributed by atoms with van der Waals surface area (Å²) in [6.45, 7) is 2.56. The van der Waals surface area contributed by atoms with E-state index in [-0.39, 0.29) is 23.2 Å². The number of aromatic nitrogens is 4. The second-order valence-electron chi connectivity index (χ2n) is 9.98. The van der Waals surface area contributed by atoms with E-state index in [2.05, 4.69) is 19.5 Å². The molecule has 40 heavy (non-hydrogen) atoms. The van der Waals surface area contributed by atoms with Crippen LogP contribution >= 0.6 is 0 Å². The van der Waals surface area contributed by atoms with Gasteiger partial charge >= 0.3 is 0 Å². The minimum Gasteiger partial charge on any atom is -0.350 e. The molecule has 6 rings (SSSR count). The summed E-state index contributed by atoms with van der Waals surface area (Å²) in [7, 11) is 3.30. The lowest BCUT2D eigenvalue weighted by Crippen LogP contribution is -2.24. The van der Waals surface area contributed by atoms with Crippen LogP contribution in [-0.2, 0) is 6.54 Å². The van der Waals surface area contributed by atoms with Crippen molar-refractivity contribution in [3.63, 3.8) is 0 Å². The fraction of sp³-hybridized carbons (Fsp3) is 0.125. The van der Waals surface area contributed by atoms with Gasteiger partial charge in [-0.2, -0.15) is 0 Å². The van der Waals surface area contributed by atoms with Gasteiger partial charge in [-0.3, -0.25) is 14.6 Å². The molecular formula is C32H26FN5O2. The largest absolute Gasteiger partial charge is 0.350 e. The van der Waals surface area contributed by atoms with Crippen molar-refractivity contribution in [1.82, 2.24) is 24.4 Å². The molecule has 3 aromatic carbocycles. The smallest absolute Gasteiger partial charge is 0.270 e. The summed E-state index contributed by atoms with van der Waals surface area (Å²) >= 11 is 0. The summed E-state index contributed by atoms with van der Waals surface area (Å²) in [5.74, 6) is 0.0337. The average Bonchev–Trinajstić information content (AvgIpc) is 3.49. The highest BCUT2D eigenvalue weighted by Crippen LogP contribution is 2.31. The predicted molar refractivity (Wildman–Crippen MR) is 153 cm³/mol. The number of H-pyrrole nitrogens is 1. The molecule has 3 aromatic heterocycles. The highest BCUT2D eigenvalue weighted by molar-refractivity contribution is 6.22. The van der Waals surface area contributed by atoms with Gasteiger partial charge < -0.3 is 14.5 Å². The van der Waals surface area contributed by atoms with Crippen LogP contribution in [0.5, 0.6) is 0 Å². The van der Waals surface area contributed by atoms with Crippen LogP contribution in [0, 0.1) is 12.7 Å². The highest BCUT2D eigenvalue weighted by Gasteiger charge is 2.25. The third-order valence-electron chi connectivity index (χ3n) is 7.12. The van der Waals surface area contributed by atoms with Gasteiger partial charge in [0.15, 0.2) is 5.78 Å². The topological polar surface area (TPSA) is 83.9 Å². The lowest BCUT2D eigenvalue weighted by molar-refractivity contribution is 0.0817. The molecule has 0 atom stereocenters. The molecule has 0 aliphatic rings. The van der Waals surface area contributed by atoms with E-state index < -0.39 is 0 Å². The zero-order valence-corrected chi connectivity index (χ0v) is 22.3. The molecule has 0 saturated heterocycles. The van der Waals surface area contributed by atoms with E-state index >= 15 is 0 Å². The first-order chi connectivity index (χ1) is 19.3. The quantitative estimate of drug-likeness (QED) is 0.267. The number of hydrogen-bond acceptors (Lipinski definition) is 4. The van der Waals surface area contributed by atoms with Crippen LogP contribution in [0.4, 0.5) is 4.39 Å². The number of nitrogens with one attached hydrogen (secondary N) is 1. The standard InChI is InChI=1S/C32H26FN5O2/c1-19-35-27-17-34-15-14-28(27)38(19)18-20-4-6-22(7-5-20)31(39)29-25-13-10-23(21-8-11-24(33)12-9-21)16-26(25)36-30(29)32(40)37(2)3/h4-17,36H,18H2,1-3H3. The van der Waals surface area contributed by atoms with Crippen molar-refractivity contribution < 1.29 is 14.0 Å². The molecule has 1 N–H and O–H groups in total. The number of hydrogen-bond donors (Lipinski definition) is 1. The Labute approximate surface area is 229 Å². The van der Waals surface area contributed by atoms with Crippen LogP contribution in [-0.4, -0.2) is 50.2 Å². The summed E-state index contributed by atoms with van der Waals surface area (Å²) in [6, 6.07) is 21.2. The minimum absolute atomic E-state index is 0.236. The van der Waals surface area contributed by atoms with Crippen LogP contribution in [0.1, 0.15) is 37.8 Å². The molecule has 3 heterocycles. The molecule has 198 valence electrons. The number of pyridine rings is 1. The molecule has 0 fully saturated rings. The first kappa shape index (κ1) is 25.2. The second-order valence-corrected chi connectivity index (χ2v) is 9.98. The Morgan fingerprint density at radius 2 is 1.68 bits per heavy atom. The maximum Gasteiger partial charge on any atom is 0.270 e. The molecule has 0 bridgehead atoms. The number of ketones is 1. The molecule has 0 aliphatic heterocycles. The van der Waals surface area contributed by atoms with Gasteiger partial charge in [-0.25, -0.2) is 9.37 Å². The van der Waals surface area contributed by atoms with Crippen molar-refractivity contribution >= 4 is 33.6 Å². The highest BCUT2D eigenvalue weighted by atomic mass is 19.1. The van der Waals surface area contributed by atoms with Gasteiger partial charge in [-0.05, 0) is 47.9 Å². The lowest BCUT2D eigenvalue weighted by Gasteiger charge is -2.11. The van der Waals surface area contributed by atoms with Crippen molar-refractivity contribution in [2.24, 2.45) is 0 Å². The van der Waals surface area contributed by atoms with Crippen molar-refractivity contribution in [3.05, 3.63) is 119 Å². The average molecular weight is 532 g/mol. The number of aromatic amines is 1. The number of benzene rings is 3. The maximum absolute atomic E-state index is 13.9. The Kier molecular flexibility index (Phi) is 6.23. The fourth-order valence-electron chi connectivity index (χ4n) is 5.03. The summed E-state index contributed by atoms with van der Waals surface area (Å²) in [5.41, 5.74) is 6.24. The Morgan fingerprint density at radius 1 is 0.950 bits per heavy atom. The molecule has 8 heteroatoms. The Balaban J connectivity index is 1.36. The van der Waals surface area contributed by atoms with E-state index in [1.807, 2.05) is 43.3 Å². The van der Waals surface area contributed by atoms with Crippen LogP contribution in [0.15, 0.2) is 85.2 Å². The Morgan fingerprint density at radius 3 is 2.40 bits per heavy atom. The van der Waals surface area contributed by atoms with Crippen molar-refractivity contribution in [3.8, 4) is 11.1 Å². The number of carbonyl (C=O) groups is 2. The maximum atomic E-state index is 13.9. The van der Waals surface area contributed by atoms with E-state index in [1.54, 1.807) is 50.8 Å². The van der Waals surface area contributed by atoms with Gasteiger partial charge in [-0.15, -0.1) is 0 Å². The van der Waals surface area contributed by atoms with Gasteiger partial charge in [0, 0.05) is 43.3 Å². The van der Waals surface area contributed by atoms with Gasteiger partial charge in [0.05, 0.1) is 17.3 Å². The molecule has 0 spiro atoms. The molecule has 0 unspecified atom stereocenters. The molecule has 1 amide bonds. The van der Waals surface area contributed by atoms with Crippen molar-refractivity contribution in [2.75, 3.05) is 14.1 Å². The molecule has 6 aromatic rings. The van der Waals surface area contributed by atoms with Crippen LogP contribution in [0.25, 0.3) is 33.1 Å². The number of fused-ring (bicyclic) bond motifs is 2. The molecule has 0 aliphatic carbocycles. The Bertz CT molecular complexity index is 1900. The lowest BCUT2D eigenvalue weighted by atomic mass is 9.97. The second kappa shape index (κ2) is 9.89. The number of aryl methyl sites for hydroxylation is 1. The van der Waals surface area contributed by atoms with Crippen molar-refractivity contribution in [1.29, 1.82) is 0 Å². The number of halogens is 1. The third-order valence-corrected chi connectivity index (χ3v) is 7.12. The third kappa shape index (κ3) is 4.43. The van der Waals surface area contributed by atoms with Gasteiger partial charge in [0.1, 0.15) is 22.9 Å². The Hall–Kier alpha value is -5.11. The normalized spacial score (nSPS) is 11.3. The van der Waals surface area contributed by atoms with Gasteiger partial charge in [0.2, 0.25) is 0 Å². The zero-order chi connectivity index (χ0) is 28.0. The van der Waals surface area contributed by atoms with Crippen molar-refractivity contribution in [2.45, 2.75) is 13.5 Å². The SMILES string of the molecule is Cc1nc2cnccc2n1Cc1ccc(C(=O)c2c(C(=O)N(C)C)[nH]c3cc(-c4ccc(F)cc4)ccc23)cc1. The number of nitrogens with zero attached hydrogens (tertiary/aromatic N) is 4. The van der Waals surface area contributed by atoms with Crippen LogP contribution < -0.4 is 0 Å². The number of imidazole rings is 1. The van der Waals surface area contributed by atoms with Gasteiger partial charge in [0.25, 0.3) is 5.91 Å². The summed E-state index contributed by atoms with van der Waals surface area (Å²) < 4.78 is 15.5. The molecule has 7 nitrogen and oxygen atoms in total. The molecular weight excluding hydrogens is 505 g/mol. The number of amides is 1. The minimum atomic E-state index is -0.312. The molecule has 0 radical (unpaired) electrons. The van der Waals surface area contributed by atoms with Crippen LogP contribution in [0.2, 0.25) is 0 Å². The monoisotopic (exact) mass is 531 g/mol. The molecule has 0 saturated carbocycles. The van der Waals surface area contributed by atoms with E-state index in [4.69, 9.17) is 0 Å². The zero-order valence-electron chi connectivity index (χ0n) is 22.3. The number of carbonyl (C=O) groups excluding carboxylic acids is 2. The number of rotatable bonds is 6. The predicted octanol–water partition coefficient (Wildman–Crippen LogP) is 6.01. The van der Waals surface area contributed by atoms with E-state index in [0.717, 1.165) is 33.5 Å².